The zero-order valence-electron chi connectivity index (χ0n) is 16.5. The van der Waals surface area contributed by atoms with Gasteiger partial charge in [0.1, 0.15) is 0 Å². The third-order valence-corrected chi connectivity index (χ3v) is 7.11. The minimum atomic E-state index is 0. The lowest BCUT2D eigenvalue weighted by Crippen LogP contribution is -2.60. The maximum Gasteiger partial charge on any atom is 0.193 e. The van der Waals surface area contributed by atoms with Crippen molar-refractivity contribution >= 4 is 41.7 Å². The van der Waals surface area contributed by atoms with Gasteiger partial charge in [-0.1, -0.05) is 19.3 Å². The highest BCUT2D eigenvalue weighted by Gasteiger charge is 2.38. The van der Waals surface area contributed by atoms with Crippen molar-refractivity contribution in [2.75, 3.05) is 65.0 Å². The molecule has 2 aliphatic heterocycles. The van der Waals surface area contributed by atoms with E-state index in [1.807, 2.05) is 7.05 Å². The van der Waals surface area contributed by atoms with Crippen LogP contribution in [0.2, 0.25) is 0 Å². The van der Waals surface area contributed by atoms with Crippen molar-refractivity contribution in [2.24, 2.45) is 10.9 Å². The van der Waals surface area contributed by atoms with E-state index < -0.39 is 0 Å². The summed E-state index contributed by atoms with van der Waals surface area (Å²) in [6, 6.07) is 0. The molecule has 0 amide bonds. The van der Waals surface area contributed by atoms with Crippen molar-refractivity contribution in [3.8, 4) is 0 Å². The van der Waals surface area contributed by atoms with Crippen LogP contribution < -0.4 is 5.32 Å². The number of thioether (sulfide) groups is 1. The fourth-order valence-electron chi connectivity index (χ4n) is 4.68. The summed E-state index contributed by atoms with van der Waals surface area (Å²) in [5.74, 6) is 4.27. The number of halogens is 1. The van der Waals surface area contributed by atoms with Crippen molar-refractivity contribution in [2.45, 2.75) is 44.1 Å². The van der Waals surface area contributed by atoms with Crippen molar-refractivity contribution in [1.82, 2.24) is 15.1 Å². The van der Waals surface area contributed by atoms with Gasteiger partial charge in [0.15, 0.2) is 5.96 Å². The Morgan fingerprint density at radius 3 is 2.62 bits per heavy atom. The Labute approximate surface area is 181 Å². The molecule has 1 aliphatic carbocycles. The maximum absolute atomic E-state index is 5.53. The van der Waals surface area contributed by atoms with E-state index in [9.17, 15) is 0 Å². The quantitative estimate of drug-likeness (QED) is 0.360. The minimum Gasteiger partial charge on any atom is -0.381 e. The third-order valence-electron chi connectivity index (χ3n) is 6.17. The average molecular weight is 497 g/mol. The van der Waals surface area contributed by atoms with Crippen LogP contribution in [0.4, 0.5) is 0 Å². The highest BCUT2D eigenvalue weighted by Crippen LogP contribution is 2.34. The normalized spacial score (nSPS) is 27.0. The largest absolute Gasteiger partial charge is 0.381 e. The van der Waals surface area contributed by atoms with E-state index in [0.29, 0.717) is 11.5 Å². The second-order valence-electron chi connectivity index (χ2n) is 7.90. The van der Waals surface area contributed by atoms with E-state index in [2.05, 4.69) is 38.9 Å². The van der Waals surface area contributed by atoms with Gasteiger partial charge < -0.3 is 15.0 Å². The molecule has 7 heteroatoms. The SMILES string of the molecule is CN=C(NCC1(N2CCSCC2)CCCCC1)N(C)CC1CCOC1.I. The smallest absolute Gasteiger partial charge is 0.193 e. The predicted octanol–water partition coefficient (Wildman–Crippen LogP) is 2.90. The van der Waals surface area contributed by atoms with Crippen LogP contribution in [0.25, 0.3) is 0 Å². The van der Waals surface area contributed by atoms with E-state index in [4.69, 9.17) is 4.74 Å². The monoisotopic (exact) mass is 496 g/mol. The summed E-state index contributed by atoms with van der Waals surface area (Å²) >= 11 is 2.11. The first-order valence-electron chi connectivity index (χ1n) is 10.1. The summed E-state index contributed by atoms with van der Waals surface area (Å²) in [4.78, 5) is 9.64. The Morgan fingerprint density at radius 1 is 1.27 bits per heavy atom. The number of nitrogens with one attached hydrogen (secondary N) is 1. The number of nitrogens with zero attached hydrogens (tertiary/aromatic N) is 3. The summed E-state index contributed by atoms with van der Waals surface area (Å²) in [7, 11) is 4.08. The van der Waals surface area contributed by atoms with Crippen LogP contribution in [-0.4, -0.2) is 86.3 Å². The van der Waals surface area contributed by atoms with Crippen LogP contribution in [0.5, 0.6) is 0 Å². The lowest BCUT2D eigenvalue weighted by atomic mass is 9.80. The standard InChI is InChI=1S/C19H36N4OS.HI/c1-20-18(22(2)14-17-6-11-24-15-17)21-16-19(7-4-3-5-8-19)23-9-12-25-13-10-23;/h17H,3-16H2,1-2H3,(H,20,21);1H. The number of rotatable bonds is 5. The van der Waals surface area contributed by atoms with E-state index in [1.165, 1.54) is 63.1 Å². The first kappa shape index (κ1) is 22.6. The molecule has 0 aromatic carbocycles. The van der Waals surface area contributed by atoms with Gasteiger partial charge in [-0.3, -0.25) is 9.89 Å². The van der Waals surface area contributed by atoms with Gasteiger partial charge in [-0.15, -0.1) is 24.0 Å². The molecule has 1 atom stereocenters. The Morgan fingerprint density at radius 2 is 2.00 bits per heavy atom. The van der Waals surface area contributed by atoms with Gasteiger partial charge in [0.2, 0.25) is 0 Å². The molecule has 0 aromatic heterocycles. The molecule has 2 saturated heterocycles. The van der Waals surface area contributed by atoms with Crippen LogP contribution in [0.1, 0.15) is 38.5 Å². The second-order valence-corrected chi connectivity index (χ2v) is 9.12. The van der Waals surface area contributed by atoms with Gasteiger partial charge in [-0.25, -0.2) is 0 Å². The van der Waals surface area contributed by atoms with E-state index in [-0.39, 0.29) is 24.0 Å². The van der Waals surface area contributed by atoms with Crippen molar-refractivity contribution in [3.05, 3.63) is 0 Å². The zero-order valence-corrected chi connectivity index (χ0v) is 19.7. The lowest BCUT2D eigenvalue weighted by molar-refractivity contribution is 0.0620. The van der Waals surface area contributed by atoms with Gasteiger partial charge in [-0.05, 0) is 19.3 Å². The molecule has 1 N–H and O–H groups in total. The molecular weight excluding hydrogens is 459 g/mol. The van der Waals surface area contributed by atoms with Crippen LogP contribution in [0.3, 0.4) is 0 Å². The molecule has 5 nitrogen and oxygen atoms in total. The summed E-state index contributed by atoms with van der Waals surface area (Å²) in [5.41, 5.74) is 0.340. The molecule has 26 heavy (non-hydrogen) atoms. The Hall–Kier alpha value is 0.270. The summed E-state index contributed by atoms with van der Waals surface area (Å²) in [6.07, 6.45) is 8.00. The van der Waals surface area contributed by atoms with Crippen molar-refractivity contribution < 1.29 is 4.74 Å². The molecule has 1 saturated carbocycles. The molecule has 3 aliphatic rings. The molecular formula is C19H37IN4OS. The van der Waals surface area contributed by atoms with Gasteiger partial charge >= 0.3 is 0 Å². The van der Waals surface area contributed by atoms with E-state index in [0.717, 1.165) is 32.3 Å². The average Bonchev–Trinajstić information content (AvgIpc) is 3.17. The molecule has 3 rings (SSSR count). The molecule has 1 unspecified atom stereocenters. The third kappa shape index (κ3) is 5.88. The van der Waals surface area contributed by atoms with Crippen LogP contribution in [0.15, 0.2) is 4.99 Å². The highest BCUT2D eigenvalue weighted by atomic mass is 127. The van der Waals surface area contributed by atoms with Crippen LogP contribution in [0, 0.1) is 5.92 Å². The number of guanidine groups is 1. The van der Waals surface area contributed by atoms with Crippen molar-refractivity contribution in [3.63, 3.8) is 0 Å². The predicted molar refractivity (Wildman–Crippen MR) is 123 cm³/mol. The first-order valence-corrected chi connectivity index (χ1v) is 11.2. The zero-order chi connectivity index (χ0) is 17.5. The van der Waals surface area contributed by atoms with Crippen LogP contribution >= 0.6 is 35.7 Å². The van der Waals surface area contributed by atoms with Crippen molar-refractivity contribution in [1.29, 1.82) is 0 Å². The van der Waals surface area contributed by atoms with Gasteiger partial charge in [0.05, 0.1) is 6.61 Å². The maximum atomic E-state index is 5.53. The van der Waals surface area contributed by atoms with E-state index in [1.54, 1.807) is 0 Å². The Kier molecular flexibility index (Phi) is 9.82. The lowest BCUT2D eigenvalue weighted by Gasteiger charge is -2.48. The highest BCUT2D eigenvalue weighted by molar-refractivity contribution is 14.0. The molecule has 0 radical (unpaired) electrons. The fraction of sp³-hybridized carbons (Fsp3) is 0.947. The molecule has 152 valence electrons. The molecule has 0 spiro atoms. The van der Waals surface area contributed by atoms with Crippen LogP contribution in [-0.2, 0) is 4.74 Å². The summed E-state index contributed by atoms with van der Waals surface area (Å²) in [6.45, 7) is 6.39. The second kappa shape index (κ2) is 11.3. The van der Waals surface area contributed by atoms with E-state index >= 15 is 0 Å². The molecule has 2 heterocycles. The summed E-state index contributed by atoms with van der Waals surface area (Å²) in [5, 5.41) is 3.74. The minimum absolute atomic E-state index is 0. The van der Waals surface area contributed by atoms with Gasteiger partial charge in [0.25, 0.3) is 0 Å². The Balaban J connectivity index is 0.00000243. The molecule has 0 bridgehead atoms. The fourth-order valence-corrected chi connectivity index (χ4v) is 5.58. The first-order chi connectivity index (χ1) is 12.2. The molecule has 3 fully saturated rings. The summed E-state index contributed by atoms with van der Waals surface area (Å²) < 4.78 is 5.53. The molecule has 0 aromatic rings. The number of ether oxygens (including phenoxy) is 1. The van der Waals surface area contributed by atoms with Gasteiger partial charge in [0, 0.05) is 69.8 Å². The number of hydrogen-bond donors (Lipinski definition) is 1. The Bertz CT molecular complexity index is 433. The number of hydrogen-bond acceptors (Lipinski definition) is 4. The van der Waals surface area contributed by atoms with Gasteiger partial charge in [-0.2, -0.15) is 11.8 Å². The number of aliphatic imine (C=N–C) groups is 1. The topological polar surface area (TPSA) is 40.1 Å².